The molecule has 0 unspecified atom stereocenters. The topological polar surface area (TPSA) is 72.0 Å². The zero-order valence-electron chi connectivity index (χ0n) is 13.7. The van der Waals surface area contributed by atoms with Gasteiger partial charge in [0.05, 0.1) is 10.6 Å². The highest BCUT2D eigenvalue weighted by molar-refractivity contribution is 7.89. The lowest BCUT2D eigenvalue weighted by Gasteiger charge is -2.09. The predicted molar refractivity (Wildman–Crippen MR) is 100 cm³/mol. The number of nitrogens with one attached hydrogen (secondary N) is 1. The van der Waals surface area contributed by atoms with Crippen LogP contribution in [0, 0.1) is 13.8 Å². The summed E-state index contributed by atoms with van der Waals surface area (Å²) in [5.74, 6) is 0. The molecule has 3 aromatic rings. The van der Waals surface area contributed by atoms with Gasteiger partial charge in [0.25, 0.3) is 0 Å². The van der Waals surface area contributed by atoms with Crippen LogP contribution in [-0.4, -0.2) is 18.4 Å². The average Bonchev–Trinajstić information content (AvgIpc) is 2.97. The van der Waals surface area contributed by atoms with Gasteiger partial charge in [-0.3, -0.25) is 4.98 Å². The molecular formula is C17H16ClN3O2S2. The van der Waals surface area contributed by atoms with Gasteiger partial charge in [-0.2, -0.15) is 0 Å². The molecule has 0 bridgehead atoms. The van der Waals surface area contributed by atoms with E-state index in [1.165, 1.54) is 17.4 Å². The summed E-state index contributed by atoms with van der Waals surface area (Å²) in [4.78, 5) is 9.65. The highest BCUT2D eigenvalue weighted by Gasteiger charge is 2.18. The summed E-state index contributed by atoms with van der Waals surface area (Å²) >= 11 is 7.38. The SMILES string of the molecule is Cc1ccc(Cl)cc1S(=O)(=O)NCc1sc(-c2cccnc2)nc1C. The van der Waals surface area contributed by atoms with Crippen LogP contribution < -0.4 is 4.72 Å². The number of rotatable bonds is 5. The quantitative estimate of drug-likeness (QED) is 0.712. The first-order valence-electron chi connectivity index (χ1n) is 7.49. The van der Waals surface area contributed by atoms with Crippen molar-refractivity contribution in [2.75, 3.05) is 0 Å². The van der Waals surface area contributed by atoms with Gasteiger partial charge in [-0.15, -0.1) is 11.3 Å². The maximum atomic E-state index is 12.6. The molecule has 0 aliphatic heterocycles. The van der Waals surface area contributed by atoms with E-state index in [1.807, 2.05) is 19.1 Å². The summed E-state index contributed by atoms with van der Waals surface area (Å²) in [6.45, 7) is 3.78. The van der Waals surface area contributed by atoms with Gasteiger partial charge in [-0.25, -0.2) is 18.1 Å². The van der Waals surface area contributed by atoms with Crippen molar-refractivity contribution < 1.29 is 8.42 Å². The summed E-state index contributed by atoms with van der Waals surface area (Å²) in [7, 11) is -3.65. The number of thiazole rings is 1. The van der Waals surface area contributed by atoms with Gasteiger partial charge in [0.1, 0.15) is 5.01 Å². The van der Waals surface area contributed by atoms with Gasteiger partial charge < -0.3 is 0 Å². The Hall–Kier alpha value is -1.80. The second-order valence-corrected chi connectivity index (χ2v) is 8.76. The predicted octanol–water partition coefficient (Wildman–Crippen LogP) is 3.95. The summed E-state index contributed by atoms with van der Waals surface area (Å²) in [6, 6.07) is 8.59. The molecule has 0 fully saturated rings. The van der Waals surface area contributed by atoms with Crippen LogP contribution in [0.3, 0.4) is 0 Å². The van der Waals surface area contributed by atoms with E-state index in [1.54, 1.807) is 31.5 Å². The molecule has 0 spiro atoms. The van der Waals surface area contributed by atoms with Gasteiger partial charge >= 0.3 is 0 Å². The van der Waals surface area contributed by atoms with Gasteiger partial charge in [0.15, 0.2) is 0 Å². The minimum Gasteiger partial charge on any atom is -0.264 e. The maximum Gasteiger partial charge on any atom is 0.241 e. The van der Waals surface area contributed by atoms with Crippen molar-refractivity contribution >= 4 is 33.0 Å². The van der Waals surface area contributed by atoms with Crippen LogP contribution in [0.25, 0.3) is 10.6 Å². The number of hydrogen-bond acceptors (Lipinski definition) is 5. The molecule has 0 aliphatic rings. The number of aromatic nitrogens is 2. The Morgan fingerprint density at radius 2 is 2.04 bits per heavy atom. The van der Waals surface area contributed by atoms with Gasteiger partial charge in [-0.1, -0.05) is 17.7 Å². The van der Waals surface area contributed by atoms with Gasteiger partial charge in [0.2, 0.25) is 10.0 Å². The molecule has 1 N–H and O–H groups in total. The fourth-order valence-electron chi connectivity index (χ4n) is 2.31. The van der Waals surface area contributed by atoms with Crippen molar-refractivity contribution in [3.63, 3.8) is 0 Å². The number of hydrogen-bond donors (Lipinski definition) is 1. The third-order valence-electron chi connectivity index (χ3n) is 3.66. The highest BCUT2D eigenvalue weighted by atomic mass is 35.5. The number of nitrogens with zero attached hydrogens (tertiary/aromatic N) is 2. The molecule has 3 rings (SSSR count). The number of halogens is 1. The van der Waals surface area contributed by atoms with E-state index >= 15 is 0 Å². The first-order chi connectivity index (χ1) is 11.9. The summed E-state index contributed by atoms with van der Waals surface area (Å²) < 4.78 is 27.8. The summed E-state index contributed by atoms with van der Waals surface area (Å²) in [6.07, 6.45) is 3.44. The molecule has 8 heteroatoms. The molecule has 5 nitrogen and oxygen atoms in total. The molecule has 1 aromatic carbocycles. The van der Waals surface area contributed by atoms with E-state index in [4.69, 9.17) is 11.6 Å². The Balaban J connectivity index is 1.82. The van der Waals surface area contributed by atoms with Gasteiger partial charge in [-0.05, 0) is 43.7 Å². The number of benzene rings is 1. The largest absolute Gasteiger partial charge is 0.264 e. The molecule has 2 aromatic heterocycles. The third kappa shape index (κ3) is 4.07. The Kier molecular flexibility index (Phi) is 5.19. The third-order valence-corrected chi connectivity index (χ3v) is 6.65. The molecule has 0 saturated carbocycles. The second-order valence-electron chi connectivity index (χ2n) is 5.50. The number of pyridine rings is 1. The van der Waals surface area contributed by atoms with E-state index in [9.17, 15) is 8.42 Å². The molecule has 0 amide bonds. The molecule has 0 radical (unpaired) electrons. The summed E-state index contributed by atoms with van der Waals surface area (Å²) in [5, 5.41) is 1.21. The van der Waals surface area contributed by atoms with E-state index in [0.29, 0.717) is 10.6 Å². The normalized spacial score (nSPS) is 11.6. The molecule has 0 saturated heterocycles. The zero-order chi connectivity index (χ0) is 18.0. The van der Waals surface area contributed by atoms with Crippen molar-refractivity contribution in [3.05, 3.63) is 63.9 Å². The van der Waals surface area contributed by atoms with Crippen LogP contribution in [0.15, 0.2) is 47.6 Å². The van der Waals surface area contributed by atoms with Crippen molar-refractivity contribution in [1.29, 1.82) is 0 Å². The minimum atomic E-state index is -3.65. The first-order valence-corrected chi connectivity index (χ1v) is 10.2. The first kappa shape index (κ1) is 18.0. The lowest BCUT2D eigenvalue weighted by Crippen LogP contribution is -2.23. The van der Waals surface area contributed by atoms with Crippen LogP contribution in [0.1, 0.15) is 16.1 Å². The summed E-state index contributed by atoms with van der Waals surface area (Å²) in [5.41, 5.74) is 2.36. The fourth-order valence-corrected chi connectivity index (χ4v) is 4.89. The van der Waals surface area contributed by atoms with E-state index in [-0.39, 0.29) is 11.4 Å². The fraction of sp³-hybridized carbons (Fsp3) is 0.176. The standard InChI is InChI=1S/C17H16ClN3O2S2/c1-11-5-6-14(18)8-16(11)25(22,23)20-10-15-12(2)21-17(24-15)13-4-3-7-19-9-13/h3-9,20H,10H2,1-2H3. The van der Waals surface area contributed by atoms with E-state index in [0.717, 1.165) is 21.1 Å². The Morgan fingerprint density at radius 3 is 2.76 bits per heavy atom. The minimum absolute atomic E-state index is 0.179. The molecule has 0 aliphatic carbocycles. The number of sulfonamides is 1. The monoisotopic (exact) mass is 393 g/mol. The van der Waals surface area contributed by atoms with Crippen LogP contribution >= 0.6 is 22.9 Å². The second kappa shape index (κ2) is 7.21. The Morgan fingerprint density at radius 1 is 1.24 bits per heavy atom. The van der Waals surface area contributed by atoms with Crippen LogP contribution in [0.4, 0.5) is 0 Å². The molecule has 2 heterocycles. The van der Waals surface area contributed by atoms with Gasteiger partial charge in [0, 0.05) is 34.4 Å². The van der Waals surface area contributed by atoms with E-state index in [2.05, 4.69) is 14.7 Å². The average molecular weight is 394 g/mol. The molecule has 130 valence electrons. The smallest absolute Gasteiger partial charge is 0.241 e. The lowest BCUT2D eigenvalue weighted by molar-refractivity contribution is 0.581. The van der Waals surface area contributed by atoms with Crippen molar-refractivity contribution in [1.82, 2.24) is 14.7 Å². The van der Waals surface area contributed by atoms with Crippen LogP contribution in [-0.2, 0) is 16.6 Å². The van der Waals surface area contributed by atoms with Crippen molar-refractivity contribution in [2.24, 2.45) is 0 Å². The van der Waals surface area contributed by atoms with Crippen molar-refractivity contribution in [2.45, 2.75) is 25.3 Å². The molecule has 25 heavy (non-hydrogen) atoms. The van der Waals surface area contributed by atoms with Crippen LogP contribution in [0.2, 0.25) is 5.02 Å². The van der Waals surface area contributed by atoms with Crippen molar-refractivity contribution in [3.8, 4) is 10.6 Å². The van der Waals surface area contributed by atoms with Crippen LogP contribution in [0.5, 0.6) is 0 Å². The highest BCUT2D eigenvalue weighted by Crippen LogP contribution is 2.28. The molecular weight excluding hydrogens is 378 g/mol. The zero-order valence-corrected chi connectivity index (χ0v) is 16.0. The Bertz CT molecular complexity index is 1000. The lowest BCUT2D eigenvalue weighted by atomic mass is 10.2. The number of aryl methyl sites for hydroxylation is 2. The van der Waals surface area contributed by atoms with E-state index < -0.39 is 10.0 Å². The Labute approximate surface area is 155 Å². The maximum absolute atomic E-state index is 12.6. The molecule has 0 atom stereocenters.